The number of rotatable bonds is 4. The van der Waals surface area contributed by atoms with E-state index in [1.807, 2.05) is 41.1 Å². The second-order valence-corrected chi connectivity index (χ2v) is 9.27. The van der Waals surface area contributed by atoms with Gasteiger partial charge in [0.25, 0.3) is 11.1 Å². The lowest BCUT2D eigenvalue weighted by molar-refractivity contribution is 0.183. The Balaban J connectivity index is 1.56. The summed E-state index contributed by atoms with van der Waals surface area (Å²) < 4.78 is 3.60. The van der Waals surface area contributed by atoms with Gasteiger partial charge in [0.1, 0.15) is 0 Å². The highest BCUT2D eigenvalue weighted by Crippen LogP contribution is 2.37. The summed E-state index contributed by atoms with van der Waals surface area (Å²) in [7, 11) is 0. The Labute approximate surface area is 187 Å². The summed E-state index contributed by atoms with van der Waals surface area (Å²) in [6, 6.07) is 15.9. The molecule has 5 nitrogen and oxygen atoms in total. The van der Waals surface area contributed by atoms with Crippen LogP contribution in [-0.2, 0) is 13.0 Å². The fourth-order valence-corrected chi connectivity index (χ4v) is 5.16. The maximum atomic E-state index is 13.4. The van der Waals surface area contributed by atoms with Crippen molar-refractivity contribution in [2.75, 3.05) is 0 Å². The van der Waals surface area contributed by atoms with Gasteiger partial charge in [-0.05, 0) is 48.4 Å². The van der Waals surface area contributed by atoms with E-state index >= 15 is 0 Å². The zero-order chi connectivity index (χ0) is 22.2. The fraction of sp³-hybridized carbons (Fsp3) is 0.370. The van der Waals surface area contributed by atoms with Crippen molar-refractivity contribution in [2.45, 2.75) is 52.1 Å². The van der Waals surface area contributed by atoms with Crippen LogP contribution in [0.25, 0.3) is 21.8 Å². The van der Waals surface area contributed by atoms with E-state index < -0.39 is 0 Å². The zero-order valence-corrected chi connectivity index (χ0v) is 18.7. The van der Waals surface area contributed by atoms with Crippen molar-refractivity contribution in [3.63, 3.8) is 0 Å². The molecule has 1 aromatic carbocycles. The van der Waals surface area contributed by atoms with Crippen LogP contribution < -0.4 is 11.1 Å². The lowest BCUT2D eigenvalue weighted by atomic mass is 9.78. The van der Waals surface area contributed by atoms with Crippen LogP contribution >= 0.6 is 0 Å². The molecule has 4 aromatic rings. The highest BCUT2D eigenvalue weighted by molar-refractivity contribution is 5.91. The minimum absolute atomic E-state index is 0.0399. The van der Waals surface area contributed by atoms with Crippen molar-refractivity contribution >= 4 is 21.8 Å². The van der Waals surface area contributed by atoms with Gasteiger partial charge in [-0.15, -0.1) is 0 Å². The van der Waals surface area contributed by atoms with Crippen molar-refractivity contribution in [3.05, 3.63) is 87.2 Å². The van der Waals surface area contributed by atoms with Gasteiger partial charge >= 0.3 is 0 Å². The Hall–Kier alpha value is -3.21. The topological polar surface area (TPSA) is 56.9 Å². The Kier molecular flexibility index (Phi) is 5.41. The highest BCUT2D eigenvalue weighted by atomic mass is 16.1. The van der Waals surface area contributed by atoms with E-state index in [-0.39, 0.29) is 17.2 Å². The maximum Gasteiger partial charge on any atom is 0.260 e. The minimum Gasteiger partial charge on any atom is -0.315 e. The molecule has 0 spiro atoms. The normalized spacial score (nSPS) is 21.2. The Morgan fingerprint density at radius 1 is 0.906 bits per heavy atom. The molecule has 32 heavy (non-hydrogen) atoms. The first kappa shape index (κ1) is 20.7. The minimum atomic E-state index is -0.0951. The van der Waals surface area contributed by atoms with E-state index in [0.717, 1.165) is 19.3 Å². The smallest absolute Gasteiger partial charge is 0.260 e. The van der Waals surface area contributed by atoms with Crippen molar-refractivity contribution in [3.8, 4) is 0 Å². The van der Waals surface area contributed by atoms with Gasteiger partial charge in [0, 0.05) is 25.0 Å². The molecule has 1 saturated carbocycles. The number of aryl methyl sites for hydroxylation is 2. The number of benzene rings is 1. The lowest BCUT2D eigenvalue weighted by Crippen LogP contribution is -2.33. The number of nitrogens with zero attached hydrogens (tertiary/aromatic N) is 3. The van der Waals surface area contributed by atoms with Gasteiger partial charge in [0.05, 0.1) is 21.8 Å². The molecule has 1 aliphatic rings. The molecule has 0 bridgehead atoms. The number of fused-ring (bicyclic) bond motifs is 2. The predicted molar refractivity (Wildman–Crippen MR) is 129 cm³/mol. The number of aromatic nitrogens is 3. The average Bonchev–Trinajstić information content (AvgIpc) is 2.81. The summed E-state index contributed by atoms with van der Waals surface area (Å²) in [6.07, 6.45) is 7.85. The molecule has 0 amide bonds. The molecular weight excluding hydrogens is 398 g/mol. The maximum absolute atomic E-state index is 13.4. The summed E-state index contributed by atoms with van der Waals surface area (Å²) in [5.74, 6) is 1.05. The average molecular weight is 428 g/mol. The lowest BCUT2D eigenvalue weighted by Gasteiger charge is -2.35. The fourth-order valence-electron chi connectivity index (χ4n) is 5.16. The van der Waals surface area contributed by atoms with Gasteiger partial charge in [-0.2, -0.15) is 0 Å². The van der Waals surface area contributed by atoms with E-state index in [4.69, 9.17) is 0 Å². The predicted octanol–water partition coefficient (Wildman–Crippen LogP) is 4.95. The second kappa shape index (κ2) is 8.38. The molecule has 1 fully saturated rings. The van der Waals surface area contributed by atoms with E-state index in [2.05, 4.69) is 31.0 Å². The molecule has 3 heterocycles. The monoisotopic (exact) mass is 427 g/mol. The van der Waals surface area contributed by atoms with Gasteiger partial charge in [0.2, 0.25) is 0 Å². The van der Waals surface area contributed by atoms with Crippen LogP contribution in [0.2, 0.25) is 0 Å². The molecule has 0 saturated heterocycles. The quantitative estimate of drug-likeness (QED) is 0.433. The van der Waals surface area contributed by atoms with E-state index in [1.165, 1.54) is 12.0 Å². The molecule has 1 aliphatic carbocycles. The van der Waals surface area contributed by atoms with Crippen molar-refractivity contribution in [1.82, 2.24) is 14.1 Å². The molecule has 3 atom stereocenters. The highest BCUT2D eigenvalue weighted by Gasteiger charge is 2.29. The van der Waals surface area contributed by atoms with Gasteiger partial charge in [-0.3, -0.25) is 9.59 Å². The van der Waals surface area contributed by atoms with Gasteiger partial charge in [-0.1, -0.05) is 57.0 Å². The third-order valence-corrected chi connectivity index (χ3v) is 7.35. The summed E-state index contributed by atoms with van der Waals surface area (Å²) in [5, 5.41) is 1.04. The van der Waals surface area contributed by atoms with Crippen molar-refractivity contribution < 1.29 is 0 Å². The zero-order valence-electron chi connectivity index (χ0n) is 18.7. The molecule has 3 unspecified atom stereocenters. The first-order valence-corrected chi connectivity index (χ1v) is 11.6. The summed E-state index contributed by atoms with van der Waals surface area (Å²) >= 11 is 0. The van der Waals surface area contributed by atoms with Crippen molar-refractivity contribution in [2.24, 2.45) is 11.8 Å². The van der Waals surface area contributed by atoms with Crippen LogP contribution in [0.3, 0.4) is 0 Å². The standard InChI is InChI=1S/C27H29N3O2/c1-18-7-6-10-25(19(18)2)30-16-13-24-22(27(30)32)17-21-23(28-24)12-15-29(26(21)31)14-11-20-8-4-3-5-9-20/h3-5,8-9,12-13,15-19,25H,6-7,10-11,14H2,1-2H3. The Bertz CT molecular complexity index is 1390. The third kappa shape index (κ3) is 3.66. The molecule has 0 N–H and O–H groups in total. The first-order valence-electron chi connectivity index (χ1n) is 11.6. The van der Waals surface area contributed by atoms with Gasteiger partial charge in [-0.25, -0.2) is 4.98 Å². The number of hydrogen-bond acceptors (Lipinski definition) is 3. The molecule has 164 valence electrons. The molecule has 0 radical (unpaired) electrons. The van der Waals surface area contributed by atoms with Crippen LogP contribution in [0.1, 0.15) is 44.7 Å². The molecular formula is C27H29N3O2. The van der Waals surface area contributed by atoms with Crippen LogP contribution in [-0.4, -0.2) is 14.1 Å². The van der Waals surface area contributed by atoms with Crippen LogP contribution in [0.15, 0.2) is 70.5 Å². The largest absolute Gasteiger partial charge is 0.315 e. The van der Waals surface area contributed by atoms with Crippen LogP contribution in [0, 0.1) is 11.8 Å². The van der Waals surface area contributed by atoms with Crippen molar-refractivity contribution in [1.29, 1.82) is 0 Å². The molecule has 5 rings (SSSR count). The Morgan fingerprint density at radius 3 is 2.41 bits per heavy atom. The SMILES string of the molecule is CC1CCCC(n2ccc3nc4ccn(CCc5ccccc5)c(=O)c4cc3c2=O)C1C. The molecule has 3 aromatic heterocycles. The van der Waals surface area contributed by atoms with E-state index in [1.54, 1.807) is 16.8 Å². The first-order chi connectivity index (χ1) is 15.5. The van der Waals surface area contributed by atoms with Crippen LogP contribution in [0.4, 0.5) is 0 Å². The van der Waals surface area contributed by atoms with Gasteiger partial charge < -0.3 is 9.13 Å². The van der Waals surface area contributed by atoms with Gasteiger partial charge in [0.15, 0.2) is 0 Å². The van der Waals surface area contributed by atoms with E-state index in [9.17, 15) is 9.59 Å². The summed E-state index contributed by atoms with van der Waals surface area (Å²) in [5.41, 5.74) is 2.34. The van der Waals surface area contributed by atoms with Crippen LogP contribution in [0.5, 0.6) is 0 Å². The number of pyridine rings is 3. The summed E-state index contributed by atoms with van der Waals surface area (Å²) in [4.78, 5) is 31.3. The molecule has 0 aliphatic heterocycles. The third-order valence-electron chi connectivity index (χ3n) is 7.35. The second-order valence-electron chi connectivity index (χ2n) is 9.27. The Morgan fingerprint density at radius 2 is 1.62 bits per heavy atom. The summed E-state index contributed by atoms with van der Waals surface area (Å²) in [6.45, 7) is 5.11. The molecule has 5 heteroatoms. The van der Waals surface area contributed by atoms with E-state index in [0.29, 0.717) is 40.2 Å². The number of hydrogen-bond donors (Lipinski definition) is 0.